The van der Waals surface area contributed by atoms with Crippen molar-refractivity contribution in [3.63, 3.8) is 0 Å². The zero-order valence-corrected chi connectivity index (χ0v) is 12.2. The van der Waals surface area contributed by atoms with E-state index in [9.17, 15) is 0 Å². The summed E-state index contributed by atoms with van der Waals surface area (Å²) in [6, 6.07) is 9.20. The van der Waals surface area contributed by atoms with Gasteiger partial charge in [0.05, 0.1) is 0 Å². The van der Waals surface area contributed by atoms with Crippen LogP contribution in [0.25, 0.3) is 0 Å². The summed E-state index contributed by atoms with van der Waals surface area (Å²) in [6.45, 7) is 7.97. The lowest BCUT2D eigenvalue weighted by atomic mass is 10.0. The molecule has 1 atom stereocenters. The highest BCUT2D eigenvalue weighted by Gasteiger charge is 2.20. The van der Waals surface area contributed by atoms with Crippen LogP contribution in [0.3, 0.4) is 0 Å². The molecule has 0 aromatic heterocycles. The molecule has 0 spiro atoms. The summed E-state index contributed by atoms with van der Waals surface area (Å²) >= 11 is 3.55. The topological polar surface area (TPSA) is 15.3 Å². The minimum Gasteiger partial charge on any atom is -0.370 e. The summed E-state index contributed by atoms with van der Waals surface area (Å²) < 4.78 is 1.16. The Labute approximate surface area is 113 Å². The monoisotopic (exact) mass is 296 g/mol. The van der Waals surface area contributed by atoms with E-state index >= 15 is 0 Å². The molecule has 1 N–H and O–H groups in total. The number of benzene rings is 1. The summed E-state index contributed by atoms with van der Waals surface area (Å²) in [4.78, 5) is 2.50. The molecule has 1 heterocycles. The minimum absolute atomic E-state index is 0.594. The van der Waals surface area contributed by atoms with Crippen molar-refractivity contribution >= 4 is 21.6 Å². The molecular formula is C14H21BrN2. The Morgan fingerprint density at radius 2 is 2.24 bits per heavy atom. The van der Waals surface area contributed by atoms with Crippen molar-refractivity contribution in [2.75, 3.05) is 24.5 Å². The van der Waals surface area contributed by atoms with Gasteiger partial charge in [-0.25, -0.2) is 0 Å². The third-order valence-electron chi connectivity index (χ3n) is 3.41. The van der Waals surface area contributed by atoms with Gasteiger partial charge in [-0.3, -0.25) is 0 Å². The first-order valence-electron chi connectivity index (χ1n) is 6.40. The van der Waals surface area contributed by atoms with Gasteiger partial charge < -0.3 is 10.2 Å². The molecule has 1 saturated heterocycles. The van der Waals surface area contributed by atoms with Crippen LogP contribution in [0.2, 0.25) is 0 Å². The Morgan fingerprint density at radius 1 is 1.41 bits per heavy atom. The molecule has 1 unspecified atom stereocenters. The van der Waals surface area contributed by atoms with E-state index < -0.39 is 0 Å². The van der Waals surface area contributed by atoms with Gasteiger partial charge >= 0.3 is 0 Å². The minimum atomic E-state index is 0.594. The van der Waals surface area contributed by atoms with Crippen LogP contribution in [0.5, 0.6) is 0 Å². The van der Waals surface area contributed by atoms with E-state index in [-0.39, 0.29) is 0 Å². The SMILES string of the molecule is CC(C)C1CN(c2cccc(Br)c2)CCCN1. The second-order valence-corrected chi connectivity index (χ2v) is 6.00. The molecule has 0 aliphatic carbocycles. The van der Waals surface area contributed by atoms with Gasteiger partial charge in [0.15, 0.2) is 0 Å². The van der Waals surface area contributed by atoms with Crippen LogP contribution in [0.15, 0.2) is 28.7 Å². The predicted octanol–water partition coefficient (Wildman–Crippen LogP) is 3.27. The fourth-order valence-electron chi connectivity index (χ4n) is 2.30. The van der Waals surface area contributed by atoms with Crippen molar-refractivity contribution in [3.05, 3.63) is 28.7 Å². The third-order valence-corrected chi connectivity index (χ3v) is 3.90. The zero-order valence-electron chi connectivity index (χ0n) is 10.6. The Kier molecular flexibility index (Phi) is 4.46. The van der Waals surface area contributed by atoms with Crippen LogP contribution in [0.4, 0.5) is 5.69 Å². The van der Waals surface area contributed by atoms with E-state index in [2.05, 4.69) is 64.3 Å². The Morgan fingerprint density at radius 3 is 2.94 bits per heavy atom. The van der Waals surface area contributed by atoms with Crippen LogP contribution in [-0.2, 0) is 0 Å². The second kappa shape index (κ2) is 5.87. The molecule has 17 heavy (non-hydrogen) atoms. The molecule has 94 valence electrons. The van der Waals surface area contributed by atoms with Gasteiger partial charge in [0, 0.05) is 29.3 Å². The maximum atomic E-state index is 3.64. The first-order chi connectivity index (χ1) is 8.16. The van der Waals surface area contributed by atoms with Crippen molar-refractivity contribution in [1.29, 1.82) is 0 Å². The van der Waals surface area contributed by atoms with E-state index in [0.717, 1.165) is 24.1 Å². The van der Waals surface area contributed by atoms with Gasteiger partial charge in [-0.05, 0) is 37.1 Å². The summed E-state index contributed by atoms with van der Waals surface area (Å²) in [6.07, 6.45) is 1.22. The maximum absolute atomic E-state index is 3.64. The van der Waals surface area contributed by atoms with Crippen LogP contribution in [-0.4, -0.2) is 25.7 Å². The van der Waals surface area contributed by atoms with Crippen molar-refractivity contribution < 1.29 is 0 Å². The van der Waals surface area contributed by atoms with E-state index in [1.807, 2.05) is 0 Å². The zero-order chi connectivity index (χ0) is 12.3. The highest BCUT2D eigenvalue weighted by atomic mass is 79.9. The van der Waals surface area contributed by atoms with Gasteiger partial charge in [-0.2, -0.15) is 0 Å². The first-order valence-corrected chi connectivity index (χ1v) is 7.20. The van der Waals surface area contributed by atoms with Crippen LogP contribution in [0.1, 0.15) is 20.3 Å². The molecule has 1 aromatic rings. The lowest BCUT2D eigenvalue weighted by Crippen LogP contribution is -2.41. The van der Waals surface area contributed by atoms with E-state index in [1.54, 1.807) is 0 Å². The van der Waals surface area contributed by atoms with Crippen molar-refractivity contribution in [1.82, 2.24) is 5.32 Å². The van der Waals surface area contributed by atoms with Gasteiger partial charge in [0.25, 0.3) is 0 Å². The predicted molar refractivity (Wildman–Crippen MR) is 77.6 cm³/mol. The first kappa shape index (κ1) is 12.9. The number of anilines is 1. The molecule has 1 aromatic carbocycles. The molecule has 0 bridgehead atoms. The van der Waals surface area contributed by atoms with E-state index in [4.69, 9.17) is 0 Å². The average molecular weight is 297 g/mol. The summed E-state index contributed by atoms with van der Waals surface area (Å²) in [5.41, 5.74) is 1.33. The molecular weight excluding hydrogens is 276 g/mol. The molecule has 3 heteroatoms. The van der Waals surface area contributed by atoms with Crippen molar-refractivity contribution in [3.8, 4) is 0 Å². The number of nitrogens with zero attached hydrogens (tertiary/aromatic N) is 1. The molecule has 0 saturated carbocycles. The largest absolute Gasteiger partial charge is 0.370 e. The lowest BCUT2D eigenvalue weighted by molar-refractivity contribution is 0.420. The maximum Gasteiger partial charge on any atom is 0.0378 e. The van der Waals surface area contributed by atoms with Crippen molar-refractivity contribution in [2.24, 2.45) is 5.92 Å². The van der Waals surface area contributed by atoms with Crippen molar-refractivity contribution in [2.45, 2.75) is 26.3 Å². The Hall–Kier alpha value is -0.540. The highest BCUT2D eigenvalue weighted by molar-refractivity contribution is 9.10. The van der Waals surface area contributed by atoms with Gasteiger partial charge in [-0.1, -0.05) is 35.8 Å². The normalized spacial score (nSPS) is 21.6. The number of halogens is 1. The quantitative estimate of drug-likeness (QED) is 0.901. The van der Waals surface area contributed by atoms with Crippen LogP contribution < -0.4 is 10.2 Å². The second-order valence-electron chi connectivity index (χ2n) is 5.08. The fourth-order valence-corrected chi connectivity index (χ4v) is 2.69. The highest BCUT2D eigenvalue weighted by Crippen LogP contribution is 2.22. The number of rotatable bonds is 2. The third kappa shape index (κ3) is 3.46. The average Bonchev–Trinajstić information content (AvgIpc) is 2.54. The molecule has 1 fully saturated rings. The van der Waals surface area contributed by atoms with Gasteiger partial charge in [0.1, 0.15) is 0 Å². The molecule has 2 nitrogen and oxygen atoms in total. The summed E-state index contributed by atoms with van der Waals surface area (Å²) in [7, 11) is 0. The van der Waals surface area contributed by atoms with Gasteiger partial charge in [-0.15, -0.1) is 0 Å². The van der Waals surface area contributed by atoms with E-state index in [0.29, 0.717) is 12.0 Å². The fraction of sp³-hybridized carbons (Fsp3) is 0.571. The number of hydrogen-bond donors (Lipinski definition) is 1. The Bertz CT molecular complexity index is 365. The molecule has 0 amide bonds. The standard InChI is InChI=1S/C14H21BrN2/c1-11(2)14-10-17(8-4-7-16-14)13-6-3-5-12(15)9-13/h3,5-6,9,11,14,16H,4,7-8,10H2,1-2H3. The lowest BCUT2D eigenvalue weighted by Gasteiger charge is -2.28. The molecule has 2 rings (SSSR count). The summed E-state index contributed by atoms with van der Waals surface area (Å²) in [5.74, 6) is 0.683. The van der Waals surface area contributed by atoms with Crippen LogP contribution >= 0.6 is 15.9 Å². The molecule has 1 aliphatic rings. The number of hydrogen-bond acceptors (Lipinski definition) is 2. The van der Waals surface area contributed by atoms with Crippen LogP contribution in [0, 0.1) is 5.92 Å². The molecule has 0 radical (unpaired) electrons. The summed E-state index contributed by atoms with van der Waals surface area (Å²) in [5, 5.41) is 3.64. The smallest absolute Gasteiger partial charge is 0.0378 e. The van der Waals surface area contributed by atoms with E-state index in [1.165, 1.54) is 12.1 Å². The van der Waals surface area contributed by atoms with Gasteiger partial charge in [0.2, 0.25) is 0 Å². The molecule has 1 aliphatic heterocycles. The number of nitrogens with one attached hydrogen (secondary N) is 1. The Balaban J connectivity index is 2.13.